The van der Waals surface area contributed by atoms with E-state index in [1.165, 1.54) is 31.3 Å². The van der Waals surface area contributed by atoms with Gasteiger partial charge in [-0.15, -0.1) is 0 Å². The van der Waals surface area contributed by atoms with E-state index in [1.54, 1.807) is 0 Å². The van der Waals surface area contributed by atoms with Crippen LogP contribution >= 0.6 is 0 Å². The summed E-state index contributed by atoms with van der Waals surface area (Å²) in [4.78, 5) is 0. The molecule has 1 rings (SSSR count). The maximum Gasteiger partial charge on any atom is 0.122 e. The Balaban J connectivity index is 2.41. The Labute approximate surface area is 83.4 Å². The minimum atomic E-state index is -0.960. The molecule has 0 radical (unpaired) electrons. The van der Waals surface area contributed by atoms with Gasteiger partial charge in [-0.25, -0.2) is 4.21 Å². The van der Waals surface area contributed by atoms with Crippen molar-refractivity contribution in [3.05, 3.63) is 11.8 Å². The Kier molecular flexibility index (Phi) is 3.54. The first-order valence-electron chi connectivity index (χ1n) is 4.86. The molecule has 1 atom stereocenters. The fourth-order valence-electron chi connectivity index (χ4n) is 1.29. The van der Waals surface area contributed by atoms with Crippen LogP contribution in [0.3, 0.4) is 0 Å². The number of rotatable bonds is 2. The highest BCUT2D eigenvalue weighted by molar-refractivity contribution is 7.84. The van der Waals surface area contributed by atoms with Crippen LogP contribution < -0.4 is 4.72 Å². The second-order valence-corrected chi connectivity index (χ2v) is 6.51. The van der Waals surface area contributed by atoms with Crippen molar-refractivity contribution in [2.75, 3.05) is 0 Å². The molecule has 2 nitrogen and oxygen atoms in total. The Hall–Kier alpha value is -0.310. The van der Waals surface area contributed by atoms with Crippen LogP contribution in [-0.2, 0) is 11.0 Å². The van der Waals surface area contributed by atoms with Crippen molar-refractivity contribution in [3.8, 4) is 0 Å². The second-order valence-electron chi connectivity index (χ2n) is 4.51. The Morgan fingerprint density at radius 2 is 1.85 bits per heavy atom. The fourth-order valence-corrected chi connectivity index (χ4v) is 1.91. The number of hydrogen-bond donors (Lipinski definition) is 1. The second kappa shape index (κ2) is 4.27. The van der Waals surface area contributed by atoms with Gasteiger partial charge in [-0.1, -0.05) is 5.57 Å². The highest BCUT2D eigenvalue weighted by Crippen LogP contribution is 2.23. The molecule has 3 heteroatoms. The Morgan fingerprint density at radius 1 is 1.31 bits per heavy atom. The molecule has 1 saturated carbocycles. The number of hydrogen-bond acceptors (Lipinski definition) is 1. The highest BCUT2D eigenvalue weighted by Gasteiger charge is 2.18. The first-order chi connectivity index (χ1) is 6.00. The molecule has 0 saturated heterocycles. The normalized spacial score (nSPS) is 20.1. The fraction of sp³-hybridized carbons (Fsp3) is 0.800. The third kappa shape index (κ3) is 3.51. The van der Waals surface area contributed by atoms with E-state index in [0.29, 0.717) is 0 Å². The van der Waals surface area contributed by atoms with Gasteiger partial charge in [0.1, 0.15) is 11.0 Å². The van der Waals surface area contributed by atoms with Crippen LogP contribution in [0.5, 0.6) is 0 Å². The van der Waals surface area contributed by atoms with E-state index >= 15 is 0 Å². The zero-order valence-electron chi connectivity index (χ0n) is 8.72. The third-order valence-corrected chi connectivity index (χ3v) is 3.62. The molecule has 1 fully saturated rings. The summed E-state index contributed by atoms with van der Waals surface area (Å²) in [6.07, 6.45) is 6.88. The number of allylic oxidation sites excluding steroid dienone is 1. The van der Waals surface area contributed by atoms with Crippen LogP contribution in [0.2, 0.25) is 0 Å². The third-order valence-electron chi connectivity index (χ3n) is 2.17. The van der Waals surface area contributed by atoms with Crippen LogP contribution in [0.15, 0.2) is 11.8 Å². The average Bonchev–Trinajstić information content (AvgIpc) is 2.50. The van der Waals surface area contributed by atoms with Crippen molar-refractivity contribution in [2.24, 2.45) is 0 Å². The maximum atomic E-state index is 11.6. The van der Waals surface area contributed by atoms with Gasteiger partial charge in [-0.2, -0.15) is 0 Å². The van der Waals surface area contributed by atoms with E-state index in [0.717, 1.165) is 0 Å². The molecule has 0 aliphatic heterocycles. The van der Waals surface area contributed by atoms with Gasteiger partial charge in [0.2, 0.25) is 0 Å². The molecule has 1 unspecified atom stereocenters. The van der Waals surface area contributed by atoms with Crippen molar-refractivity contribution in [1.82, 2.24) is 4.72 Å². The molecule has 1 aliphatic rings. The maximum absolute atomic E-state index is 11.6. The van der Waals surface area contributed by atoms with Crippen molar-refractivity contribution in [1.29, 1.82) is 0 Å². The van der Waals surface area contributed by atoms with Crippen LogP contribution in [0.4, 0.5) is 0 Å². The summed E-state index contributed by atoms with van der Waals surface area (Å²) < 4.78 is 14.4. The van der Waals surface area contributed by atoms with Gasteiger partial charge in [0.25, 0.3) is 0 Å². The molecule has 1 N–H and O–H groups in total. The lowest BCUT2D eigenvalue weighted by molar-refractivity contribution is 0.644. The zero-order valence-corrected chi connectivity index (χ0v) is 9.54. The van der Waals surface area contributed by atoms with Gasteiger partial charge in [0.05, 0.1) is 4.75 Å². The van der Waals surface area contributed by atoms with E-state index in [9.17, 15) is 4.21 Å². The SMILES string of the molecule is CC(C)(C)S(=O)NC=C1CCCC1. The summed E-state index contributed by atoms with van der Waals surface area (Å²) in [6.45, 7) is 5.93. The molecular formula is C10H19NOS. The van der Waals surface area contributed by atoms with Crippen LogP contribution in [0.1, 0.15) is 46.5 Å². The first kappa shape index (κ1) is 10.8. The molecule has 76 valence electrons. The molecule has 0 heterocycles. The van der Waals surface area contributed by atoms with E-state index in [-0.39, 0.29) is 4.75 Å². The molecule has 0 aromatic carbocycles. The van der Waals surface area contributed by atoms with E-state index in [4.69, 9.17) is 0 Å². The predicted molar refractivity (Wildman–Crippen MR) is 57.6 cm³/mol. The zero-order chi connectivity index (χ0) is 9.90. The lowest BCUT2D eigenvalue weighted by atomic mass is 10.2. The highest BCUT2D eigenvalue weighted by atomic mass is 32.2. The monoisotopic (exact) mass is 201 g/mol. The van der Waals surface area contributed by atoms with Crippen molar-refractivity contribution in [2.45, 2.75) is 51.2 Å². The van der Waals surface area contributed by atoms with Crippen molar-refractivity contribution in [3.63, 3.8) is 0 Å². The quantitative estimate of drug-likeness (QED) is 0.730. The summed E-state index contributed by atoms with van der Waals surface area (Å²) in [6, 6.07) is 0. The van der Waals surface area contributed by atoms with Crippen LogP contribution in [-0.4, -0.2) is 8.96 Å². The predicted octanol–water partition coefficient (Wildman–Crippen LogP) is 2.50. The van der Waals surface area contributed by atoms with E-state index in [1.807, 2.05) is 27.0 Å². The summed E-state index contributed by atoms with van der Waals surface area (Å²) in [5, 5.41) is 0. The lowest BCUT2D eigenvalue weighted by Crippen LogP contribution is -2.30. The molecule has 0 bridgehead atoms. The first-order valence-corrected chi connectivity index (χ1v) is 6.01. The van der Waals surface area contributed by atoms with Crippen LogP contribution in [0.25, 0.3) is 0 Å². The molecule has 0 amide bonds. The smallest absolute Gasteiger partial charge is 0.122 e. The summed E-state index contributed by atoms with van der Waals surface area (Å²) >= 11 is 0. The minimum Gasteiger partial charge on any atom is -0.312 e. The van der Waals surface area contributed by atoms with Gasteiger partial charge in [-0.3, -0.25) is 0 Å². The van der Waals surface area contributed by atoms with Gasteiger partial charge in [0.15, 0.2) is 0 Å². The summed E-state index contributed by atoms with van der Waals surface area (Å²) in [7, 11) is -0.960. The van der Waals surface area contributed by atoms with Gasteiger partial charge >= 0.3 is 0 Å². The number of nitrogens with one attached hydrogen (secondary N) is 1. The van der Waals surface area contributed by atoms with E-state index in [2.05, 4.69) is 4.72 Å². The van der Waals surface area contributed by atoms with Crippen molar-refractivity contribution >= 4 is 11.0 Å². The van der Waals surface area contributed by atoms with E-state index < -0.39 is 11.0 Å². The Bertz CT molecular complexity index is 220. The molecular weight excluding hydrogens is 182 g/mol. The summed E-state index contributed by atoms with van der Waals surface area (Å²) in [5.74, 6) is 0. The van der Waals surface area contributed by atoms with Gasteiger partial charge < -0.3 is 4.72 Å². The molecule has 1 aliphatic carbocycles. The van der Waals surface area contributed by atoms with Crippen LogP contribution in [0, 0.1) is 0 Å². The average molecular weight is 201 g/mol. The minimum absolute atomic E-state index is 0.171. The van der Waals surface area contributed by atoms with Gasteiger partial charge in [-0.05, 0) is 46.5 Å². The molecule has 0 aromatic heterocycles. The van der Waals surface area contributed by atoms with Gasteiger partial charge in [0, 0.05) is 6.20 Å². The molecule has 0 aromatic rings. The van der Waals surface area contributed by atoms with Crippen molar-refractivity contribution < 1.29 is 4.21 Å². The summed E-state index contributed by atoms with van der Waals surface area (Å²) in [5.41, 5.74) is 1.41. The lowest BCUT2D eigenvalue weighted by Gasteiger charge is -2.17. The standard InChI is InChI=1S/C10H19NOS/c1-10(2,3)13(12)11-8-9-6-4-5-7-9/h8,11H,4-7H2,1-3H3. The molecule has 0 spiro atoms. The topological polar surface area (TPSA) is 29.1 Å². The largest absolute Gasteiger partial charge is 0.312 e. The molecule has 13 heavy (non-hydrogen) atoms. The Morgan fingerprint density at radius 3 is 2.31 bits per heavy atom.